The molecule has 1 aliphatic rings. The highest BCUT2D eigenvalue weighted by molar-refractivity contribution is 5.83. The van der Waals surface area contributed by atoms with Crippen molar-refractivity contribution in [2.75, 3.05) is 6.54 Å². The zero-order valence-electron chi connectivity index (χ0n) is 18.3. The smallest absolute Gasteiger partial charge is 0.328 e. The van der Waals surface area contributed by atoms with Gasteiger partial charge in [0.05, 0.1) is 6.04 Å². The molecule has 30 heavy (non-hydrogen) atoms. The summed E-state index contributed by atoms with van der Waals surface area (Å²) >= 11 is 0. The summed E-state index contributed by atoms with van der Waals surface area (Å²) in [5.74, 6) is 0.181. The second-order valence-electron chi connectivity index (χ2n) is 8.05. The fourth-order valence-electron chi connectivity index (χ4n) is 3.96. The van der Waals surface area contributed by atoms with Gasteiger partial charge in [-0.05, 0) is 24.5 Å². The van der Waals surface area contributed by atoms with Crippen LogP contribution < -0.4 is 11.1 Å². The van der Waals surface area contributed by atoms with Crippen LogP contribution in [0.3, 0.4) is 0 Å². The molecule has 0 aromatic carbocycles. The number of guanidine groups is 1. The fraction of sp³-hybridized carbons (Fsp3) is 0.652. The largest absolute Gasteiger partial charge is 0.478 e. The maximum Gasteiger partial charge on any atom is 0.328 e. The van der Waals surface area contributed by atoms with Crippen molar-refractivity contribution in [3.8, 4) is 0 Å². The molecule has 7 nitrogen and oxygen atoms in total. The molecule has 1 aromatic rings. The molecular weight excluding hydrogens is 378 g/mol. The van der Waals surface area contributed by atoms with Crippen LogP contribution in [0.5, 0.6) is 0 Å². The average molecular weight is 417 g/mol. The van der Waals surface area contributed by atoms with E-state index in [1.807, 2.05) is 18.3 Å². The van der Waals surface area contributed by atoms with Crippen LogP contribution in [0.1, 0.15) is 77.6 Å². The predicted octanol–water partition coefficient (Wildman–Crippen LogP) is 5.00. The van der Waals surface area contributed by atoms with E-state index in [4.69, 9.17) is 11.1 Å². The van der Waals surface area contributed by atoms with Gasteiger partial charge in [-0.25, -0.2) is 4.79 Å². The molecule has 0 saturated heterocycles. The SMILES string of the molecule is CCCCCCCCCCC[C@@H]([N-]c1ccc[nH]1)/C(=C/C(=O)O)[C@H]1CCN=C(N)N1. The zero-order valence-corrected chi connectivity index (χ0v) is 18.3. The van der Waals surface area contributed by atoms with Crippen molar-refractivity contribution >= 4 is 17.7 Å². The minimum absolute atomic E-state index is 0.152. The molecule has 0 bridgehead atoms. The molecule has 5 N–H and O–H groups in total. The third-order valence-electron chi connectivity index (χ3n) is 5.56. The number of nitrogens with zero attached hydrogens (tertiary/aromatic N) is 2. The number of hydrogen-bond donors (Lipinski definition) is 4. The molecular formula is C23H38N5O2-. The third kappa shape index (κ3) is 8.93. The van der Waals surface area contributed by atoms with E-state index in [-0.39, 0.29) is 12.1 Å². The Labute approximate surface area is 180 Å². The first-order valence-corrected chi connectivity index (χ1v) is 11.4. The Kier molecular flexibility index (Phi) is 10.9. The maximum absolute atomic E-state index is 11.5. The average Bonchev–Trinajstić information content (AvgIpc) is 3.23. The van der Waals surface area contributed by atoms with Crippen molar-refractivity contribution in [1.82, 2.24) is 10.3 Å². The van der Waals surface area contributed by atoms with Crippen LogP contribution in [0.15, 0.2) is 35.0 Å². The van der Waals surface area contributed by atoms with E-state index in [0.717, 1.165) is 30.7 Å². The Balaban J connectivity index is 1.93. The van der Waals surface area contributed by atoms with Crippen LogP contribution in [-0.4, -0.2) is 40.6 Å². The van der Waals surface area contributed by atoms with E-state index in [1.54, 1.807) is 0 Å². The molecule has 2 rings (SSSR count). The Bertz CT molecular complexity index is 669. The number of carboxylic acid groups (broad SMARTS) is 1. The summed E-state index contributed by atoms with van der Waals surface area (Å²) in [6, 6.07) is 3.46. The lowest BCUT2D eigenvalue weighted by Gasteiger charge is -2.34. The number of aliphatic imine (C=N–C) groups is 1. The molecule has 0 amide bonds. The molecule has 0 aliphatic carbocycles. The van der Waals surface area contributed by atoms with Crippen LogP contribution in [-0.2, 0) is 4.79 Å². The lowest BCUT2D eigenvalue weighted by molar-refractivity contribution is -0.131. The van der Waals surface area contributed by atoms with E-state index in [0.29, 0.717) is 18.9 Å². The van der Waals surface area contributed by atoms with E-state index in [2.05, 4.69) is 22.2 Å². The number of aliphatic carboxylic acids is 1. The standard InChI is InChI=1S/C23H38N5O2/c1-2-3-4-5-6-7-8-9-10-12-19(27-21-13-11-15-25-21)18(17-22(29)30)20-14-16-26-23(24)28-20/h11,13,15,17,19-20,25H,2-10,12,14,16H2,1H3,(H,29,30)(H3,24,26,28)/q-1/b18-17-/t19-,20-/m1/s1. The molecule has 0 fully saturated rings. The Morgan fingerprint density at radius 3 is 2.57 bits per heavy atom. The first-order valence-electron chi connectivity index (χ1n) is 11.4. The molecule has 0 saturated carbocycles. The van der Waals surface area contributed by atoms with Gasteiger partial charge in [-0.3, -0.25) is 4.99 Å². The number of aromatic amines is 1. The fourth-order valence-corrected chi connectivity index (χ4v) is 3.96. The second kappa shape index (κ2) is 13.7. The van der Waals surface area contributed by atoms with Gasteiger partial charge in [0.25, 0.3) is 0 Å². The van der Waals surface area contributed by atoms with Crippen LogP contribution in [0.4, 0.5) is 5.82 Å². The predicted molar refractivity (Wildman–Crippen MR) is 123 cm³/mol. The minimum atomic E-state index is -0.952. The second-order valence-corrected chi connectivity index (χ2v) is 8.05. The molecule has 1 aromatic heterocycles. The van der Waals surface area contributed by atoms with Crippen molar-refractivity contribution < 1.29 is 9.90 Å². The number of nitrogens with one attached hydrogen (secondary N) is 2. The van der Waals surface area contributed by atoms with Crippen molar-refractivity contribution in [2.24, 2.45) is 10.7 Å². The number of aromatic nitrogens is 1. The van der Waals surface area contributed by atoms with Gasteiger partial charge in [0.1, 0.15) is 0 Å². The van der Waals surface area contributed by atoms with Gasteiger partial charge >= 0.3 is 5.97 Å². The highest BCUT2D eigenvalue weighted by Gasteiger charge is 2.24. The van der Waals surface area contributed by atoms with E-state index >= 15 is 0 Å². The normalized spacial score (nSPS) is 17.8. The number of unbranched alkanes of at least 4 members (excludes halogenated alkanes) is 8. The van der Waals surface area contributed by atoms with Gasteiger partial charge in [-0.2, -0.15) is 0 Å². The van der Waals surface area contributed by atoms with Crippen LogP contribution >= 0.6 is 0 Å². The van der Waals surface area contributed by atoms with Gasteiger partial charge in [-0.1, -0.05) is 88.9 Å². The molecule has 1 aliphatic heterocycles. The summed E-state index contributed by atoms with van der Waals surface area (Å²) in [7, 11) is 0. The molecule has 168 valence electrons. The van der Waals surface area contributed by atoms with Crippen LogP contribution in [0.25, 0.3) is 5.32 Å². The van der Waals surface area contributed by atoms with Gasteiger partial charge in [0.2, 0.25) is 0 Å². The highest BCUT2D eigenvalue weighted by Crippen LogP contribution is 2.30. The molecule has 0 radical (unpaired) electrons. The summed E-state index contributed by atoms with van der Waals surface area (Å²) in [6.45, 7) is 2.83. The maximum atomic E-state index is 11.5. The summed E-state index contributed by atoms with van der Waals surface area (Å²) in [5, 5.41) is 17.4. The number of hydrogen-bond acceptors (Lipinski definition) is 4. The van der Waals surface area contributed by atoms with E-state index in [9.17, 15) is 9.90 Å². The van der Waals surface area contributed by atoms with Gasteiger partial charge < -0.3 is 26.5 Å². The summed E-state index contributed by atoms with van der Waals surface area (Å²) in [4.78, 5) is 18.8. The molecule has 0 unspecified atom stereocenters. The Morgan fingerprint density at radius 1 is 1.27 bits per heavy atom. The molecule has 7 heteroatoms. The minimum Gasteiger partial charge on any atom is -0.478 e. The van der Waals surface area contributed by atoms with Gasteiger partial charge in [0, 0.05) is 12.6 Å². The summed E-state index contributed by atoms with van der Waals surface area (Å²) < 4.78 is 0. The molecule has 0 spiro atoms. The number of H-pyrrole nitrogens is 1. The number of carbonyl (C=O) groups is 1. The van der Waals surface area contributed by atoms with Crippen LogP contribution in [0, 0.1) is 0 Å². The monoisotopic (exact) mass is 416 g/mol. The highest BCUT2D eigenvalue weighted by atomic mass is 16.4. The van der Waals surface area contributed by atoms with Gasteiger partial charge in [0.15, 0.2) is 5.96 Å². The van der Waals surface area contributed by atoms with E-state index in [1.165, 1.54) is 51.0 Å². The lowest BCUT2D eigenvalue weighted by Crippen LogP contribution is -2.46. The third-order valence-corrected chi connectivity index (χ3v) is 5.56. The van der Waals surface area contributed by atoms with Crippen molar-refractivity contribution in [3.05, 3.63) is 35.3 Å². The number of rotatable bonds is 15. The summed E-state index contributed by atoms with van der Waals surface area (Å²) in [6.07, 6.45) is 16.0. The van der Waals surface area contributed by atoms with Crippen molar-refractivity contribution in [3.63, 3.8) is 0 Å². The lowest BCUT2D eigenvalue weighted by atomic mass is 9.91. The first-order chi connectivity index (χ1) is 14.6. The van der Waals surface area contributed by atoms with E-state index < -0.39 is 5.97 Å². The van der Waals surface area contributed by atoms with Gasteiger partial charge in [-0.15, -0.1) is 0 Å². The zero-order chi connectivity index (χ0) is 21.6. The number of carboxylic acids is 1. The first kappa shape index (κ1) is 23.8. The summed E-state index contributed by atoms with van der Waals surface area (Å²) in [5.41, 5.74) is 6.63. The molecule has 2 heterocycles. The Morgan fingerprint density at radius 2 is 1.97 bits per heavy atom. The molecule has 2 atom stereocenters. The topological polar surface area (TPSA) is 118 Å². The quantitative estimate of drug-likeness (QED) is 0.238. The van der Waals surface area contributed by atoms with Crippen molar-refractivity contribution in [2.45, 2.75) is 89.6 Å². The number of nitrogens with two attached hydrogens (primary N) is 1. The Hall–Kier alpha value is -2.44. The van der Waals surface area contributed by atoms with Crippen molar-refractivity contribution in [1.29, 1.82) is 0 Å². The van der Waals surface area contributed by atoms with Crippen LogP contribution in [0.2, 0.25) is 0 Å².